The first-order valence-corrected chi connectivity index (χ1v) is 11.1. The Morgan fingerprint density at radius 1 is 1.14 bits per heavy atom. The molecular weight excluding hydrogens is 462 g/mol. The van der Waals surface area contributed by atoms with Crippen LogP contribution in [0.15, 0.2) is 52.0 Å². The number of halogens is 1. The number of anilines is 1. The molecule has 10 heteroatoms. The van der Waals surface area contributed by atoms with E-state index in [0.29, 0.717) is 17.2 Å². The number of hydrogen-bond acceptors (Lipinski definition) is 6. The average molecular weight is 484 g/mol. The standard InChI is InChI=1S/C19H22BrN3O5S/c1-13(14-6-5-7-15(20)10-14)21-22-19(24)12-23(29(4,25)26)16-8-9-17(27-2)18(11-16)28-3/h5-11H,12H2,1-4H3,(H,22,24)/b21-13-. The second-order valence-electron chi connectivity index (χ2n) is 6.05. The number of methoxy groups -OCH3 is 2. The summed E-state index contributed by atoms with van der Waals surface area (Å²) in [6, 6.07) is 12.0. The van der Waals surface area contributed by atoms with Crippen LogP contribution in [0, 0.1) is 0 Å². The number of rotatable bonds is 8. The van der Waals surface area contributed by atoms with E-state index in [0.717, 1.165) is 20.6 Å². The van der Waals surface area contributed by atoms with Gasteiger partial charge in [-0.2, -0.15) is 5.10 Å². The van der Waals surface area contributed by atoms with Crippen molar-refractivity contribution < 1.29 is 22.7 Å². The van der Waals surface area contributed by atoms with Crippen molar-refractivity contribution in [1.29, 1.82) is 0 Å². The zero-order valence-electron chi connectivity index (χ0n) is 16.5. The van der Waals surface area contributed by atoms with Gasteiger partial charge in [-0.05, 0) is 36.8 Å². The van der Waals surface area contributed by atoms with E-state index in [4.69, 9.17) is 9.47 Å². The summed E-state index contributed by atoms with van der Waals surface area (Å²) in [7, 11) is -0.812. The van der Waals surface area contributed by atoms with Crippen LogP contribution in [0.1, 0.15) is 12.5 Å². The average Bonchev–Trinajstić information content (AvgIpc) is 2.68. The first kappa shape index (κ1) is 22.7. The minimum atomic E-state index is -3.73. The van der Waals surface area contributed by atoms with Crippen molar-refractivity contribution in [3.63, 3.8) is 0 Å². The molecule has 2 aromatic rings. The summed E-state index contributed by atoms with van der Waals surface area (Å²) in [4.78, 5) is 12.4. The topological polar surface area (TPSA) is 97.3 Å². The first-order valence-electron chi connectivity index (χ1n) is 8.44. The number of hydrogen-bond donors (Lipinski definition) is 1. The molecule has 0 aliphatic carbocycles. The van der Waals surface area contributed by atoms with Crippen molar-refractivity contribution in [1.82, 2.24) is 5.43 Å². The van der Waals surface area contributed by atoms with Crippen molar-refractivity contribution in [2.75, 3.05) is 31.3 Å². The van der Waals surface area contributed by atoms with E-state index >= 15 is 0 Å². The number of nitrogens with one attached hydrogen (secondary N) is 1. The monoisotopic (exact) mass is 483 g/mol. The van der Waals surface area contributed by atoms with Gasteiger partial charge in [-0.1, -0.05) is 28.1 Å². The van der Waals surface area contributed by atoms with Crippen LogP contribution >= 0.6 is 15.9 Å². The summed E-state index contributed by atoms with van der Waals surface area (Å²) in [5.41, 5.74) is 4.07. The minimum Gasteiger partial charge on any atom is -0.493 e. The molecule has 0 aliphatic rings. The maximum Gasteiger partial charge on any atom is 0.260 e. The van der Waals surface area contributed by atoms with Crippen LogP contribution in [0.5, 0.6) is 11.5 Å². The van der Waals surface area contributed by atoms with Gasteiger partial charge in [0.1, 0.15) is 6.54 Å². The number of hydrazone groups is 1. The minimum absolute atomic E-state index is 0.271. The summed E-state index contributed by atoms with van der Waals surface area (Å²) in [5, 5.41) is 4.06. The Morgan fingerprint density at radius 2 is 1.83 bits per heavy atom. The van der Waals surface area contributed by atoms with Gasteiger partial charge < -0.3 is 9.47 Å². The Labute approximate surface area is 178 Å². The third-order valence-electron chi connectivity index (χ3n) is 3.93. The Balaban J connectivity index is 2.21. The predicted molar refractivity (Wildman–Crippen MR) is 116 cm³/mol. The lowest BCUT2D eigenvalue weighted by atomic mass is 10.1. The number of carbonyl (C=O) groups is 1. The lowest BCUT2D eigenvalue weighted by molar-refractivity contribution is -0.119. The van der Waals surface area contributed by atoms with Gasteiger partial charge in [-0.25, -0.2) is 13.8 Å². The van der Waals surface area contributed by atoms with Gasteiger partial charge in [0, 0.05) is 10.5 Å². The summed E-state index contributed by atoms with van der Waals surface area (Å²) in [5.74, 6) is 0.213. The molecule has 1 amide bonds. The zero-order chi connectivity index (χ0) is 21.6. The maximum atomic E-state index is 12.4. The molecule has 0 fully saturated rings. The molecule has 0 aromatic heterocycles. The normalized spacial score (nSPS) is 11.7. The van der Waals surface area contributed by atoms with E-state index in [-0.39, 0.29) is 5.69 Å². The Morgan fingerprint density at radius 3 is 2.41 bits per heavy atom. The number of sulfonamides is 1. The SMILES string of the molecule is COc1ccc(N(CC(=O)N/N=C(/C)c2cccc(Br)c2)S(C)(=O)=O)cc1OC. The molecule has 2 aromatic carbocycles. The lowest BCUT2D eigenvalue weighted by Crippen LogP contribution is -2.39. The quantitative estimate of drug-likeness (QED) is 0.459. The Hall–Kier alpha value is -2.59. The molecular formula is C19H22BrN3O5S. The lowest BCUT2D eigenvalue weighted by Gasteiger charge is -2.22. The first-order chi connectivity index (χ1) is 13.7. The van der Waals surface area contributed by atoms with Crippen LogP contribution in [0.2, 0.25) is 0 Å². The molecule has 1 N–H and O–H groups in total. The van der Waals surface area contributed by atoms with Gasteiger partial charge in [0.15, 0.2) is 11.5 Å². The number of carbonyl (C=O) groups excluding carboxylic acids is 1. The summed E-state index contributed by atoms with van der Waals surface area (Å²) in [6.45, 7) is 1.30. The summed E-state index contributed by atoms with van der Waals surface area (Å²) >= 11 is 3.38. The van der Waals surface area contributed by atoms with Gasteiger partial charge >= 0.3 is 0 Å². The molecule has 8 nitrogen and oxygen atoms in total. The van der Waals surface area contributed by atoms with Crippen molar-refractivity contribution in [3.05, 3.63) is 52.5 Å². The van der Waals surface area contributed by atoms with E-state index in [2.05, 4.69) is 26.5 Å². The molecule has 0 unspecified atom stereocenters. The van der Waals surface area contributed by atoms with Gasteiger partial charge in [0.05, 0.1) is 31.9 Å². The van der Waals surface area contributed by atoms with Crippen LogP contribution in [0.3, 0.4) is 0 Å². The fraction of sp³-hybridized carbons (Fsp3) is 0.263. The van der Waals surface area contributed by atoms with Crippen LogP contribution in [-0.2, 0) is 14.8 Å². The molecule has 0 spiro atoms. The molecule has 0 saturated carbocycles. The molecule has 0 saturated heterocycles. The van der Waals surface area contributed by atoms with E-state index in [1.54, 1.807) is 13.0 Å². The molecule has 0 aliphatic heterocycles. The van der Waals surface area contributed by atoms with E-state index < -0.39 is 22.5 Å². The van der Waals surface area contributed by atoms with Crippen molar-refractivity contribution in [2.45, 2.75) is 6.92 Å². The molecule has 0 bridgehead atoms. The van der Waals surface area contributed by atoms with Crippen LogP contribution < -0.4 is 19.2 Å². The van der Waals surface area contributed by atoms with Gasteiger partial charge in [0.25, 0.3) is 5.91 Å². The zero-order valence-corrected chi connectivity index (χ0v) is 18.9. The van der Waals surface area contributed by atoms with Crippen molar-refractivity contribution >= 4 is 43.3 Å². The second kappa shape index (κ2) is 9.75. The third-order valence-corrected chi connectivity index (χ3v) is 5.57. The number of nitrogens with zero attached hydrogens (tertiary/aromatic N) is 2. The Kier molecular flexibility index (Phi) is 7.63. The highest BCUT2D eigenvalue weighted by atomic mass is 79.9. The van der Waals surface area contributed by atoms with Crippen LogP contribution in [-0.4, -0.2) is 47.1 Å². The molecule has 0 atom stereocenters. The molecule has 2 rings (SSSR count). The maximum absolute atomic E-state index is 12.4. The number of amides is 1. The fourth-order valence-corrected chi connectivity index (χ4v) is 3.72. The smallest absolute Gasteiger partial charge is 0.260 e. The van der Waals surface area contributed by atoms with Crippen LogP contribution in [0.4, 0.5) is 5.69 Å². The second-order valence-corrected chi connectivity index (χ2v) is 8.87. The Bertz CT molecular complexity index is 1020. The van der Waals surface area contributed by atoms with Gasteiger partial charge in [-0.15, -0.1) is 0 Å². The van der Waals surface area contributed by atoms with E-state index in [1.165, 1.54) is 26.4 Å². The number of ether oxygens (including phenoxy) is 2. The highest BCUT2D eigenvalue weighted by Gasteiger charge is 2.22. The molecule has 0 radical (unpaired) electrons. The molecule has 29 heavy (non-hydrogen) atoms. The molecule has 156 valence electrons. The summed E-state index contributed by atoms with van der Waals surface area (Å²) < 4.78 is 36.7. The summed E-state index contributed by atoms with van der Waals surface area (Å²) in [6.07, 6.45) is 1.02. The van der Waals surface area contributed by atoms with Gasteiger partial charge in [-0.3, -0.25) is 9.10 Å². The highest BCUT2D eigenvalue weighted by Crippen LogP contribution is 2.32. The van der Waals surface area contributed by atoms with E-state index in [9.17, 15) is 13.2 Å². The van der Waals surface area contributed by atoms with Crippen molar-refractivity contribution in [2.24, 2.45) is 5.10 Å². The van der Waals surface area contributed by atoms with Crippen molar-refractivity contribution in [3.8, 4) is 11.5 Å². The molecule has 0 heterocycles. The highest BCUT2D eigenvalue weighted by molar-refractivity contribution is 9.10. The van der Waals surface area contributed by atoms with E-state index in [1.807, 2.05) is 24.3 Å². The van der Waals surface area contributed by atoms with Gasteiger partial charge in [0.2, 0.25) is 10.0 Å². The predicted octanol–water partition coefficient (Wildman–Crippen LogP) is 2.77. The van der Waals surface area contributed by atoms with Crippen LogP contribution in [0.25, 0.3) is 0 Å². The number of benzene rings is 2. The largest absolute Gasteiger partial charge is 0.493 e. The third kappa shape index (κ3) is 6.20. The fourth-order valence-electron chi connectivity index (χ4n) is 2.47.